The fraction of sp³-hybridized carbons (Fsp3) is 0.333. The summed E-state index contributed by atoms with van der Waals surface area (Å²) in [5.74, 6) is 0.253. The number of hydrogen-bond donors (Lipinski definition) is 3. The van der Waals surface area contributed by atoms with Crippen LogP contribution >= 0.6 is 0 Å². The Kier molecular flexibility index (Phi) is 3.28. The number of aromatic hydroxyl groups is 1. The second-order valence-corrected chi connectivity index (χ2v) is 5.34. The van der Waals surface area contributed by atoms with Crippen molar-refractivity contribution in [2.75, 3.05) is 6.61 Å². The van der Waals surface area contributed by atoms with E-state index in [9.17, 15) is 10.2 Å². The van der Waals surface area contributed by atoms with Crippen molar-refractivity contribution in [2.24, 2.45) is 11.1 Å². The molecule has 0 spiro atoms. The van der Waals surface area contributed by atoms with Crippen molar-refractivity contribution in [1.82, 2.24) is 0 Å². The molecule has 0 aliphatic rings. The third-order valence-electron chi connectivity index (χ3n) is 3.52. The van der Waals surface area contributed by atoms with Crippen LogP contribution in [0.2, 0.25) is 0 Å². The first kappa shape index (κ1) is 12.9. The van der Waals surface area contributed by atoms with Crippen LogP contribution in [-0.2, 0) is 0 Å². The molecule has 96 valence electrons. The average Bonchev–Trinajstić information content (AvgIpc) is 2.39. The molecule has 0 bridgehead atoms. The van der Waals surface area contributed by atoms with Gasteiger partial charge in [0.2, 0.25) is 0 Å². The van der Waals surface area contributed by atoms with Gasteiger partial charge in [-0.2, -0.15) is 0 Å². The number of aliphatic hydroxyl groups is 1. The quantitative estimate of drug-likeness (QED) is 0.778. The van der Waals surface area contributed by atoms with Crippen molar-refractivity contribution in [3.63, 3.8) is 0 Å². The van der Waals surface area contributed by atoms with Gasteiger partial charge in [-0.3, -0.25) is 0 Å². The van der Waals surface area contributed by atoms with E-state index in [1.54, 1.807) is 6.07 Å². The van der Waals surface area contributed by atoms with Gasteiger partial charge in [0.05, 0.1) is 0 Å². The van der Waals surface area contributed by atoms with Gasteiger partial charge in [0.15, 0.2) is 0 Å². The van der Waals surface area contributed by atoms with E-state index in [-0.39, 0.29) is 18.4 Å². The molecule has 3 nitrogen and oxygen atoms in total. The molecule has 0 aliphatic carbocycles. The van der Waals surface area contributed by atoms with Crippen LogP contribution in [0.3, 0.4) is 0 Å². The van der Waals surface area contributed by atoms with E-state index in [1.807, 2.05) is 44.2 Å². The predicted octanol–water partition coefficient (Wildman–Crippen LogP) is 2.56. The SMILES string of the molecule is CC(C)(CO)[C@H](N)c1ccc(O)c2ccccc12. The van der Waals surface area contributed by atoms with Crippen LogP contribution in [0, 0.1) is 5.41 Å². The van der Waals surface area contributed by atoms with Crippen molar-refractivity contribution in [2.45, 2.75) is 19.9 Å². The average molecular weight is 245 g/mol. The first-order valence-electron chi connectivity index (χ1n) is 6.04. The van der Waals surface area contributed by atoms with Crippen LogP contribution in [0.4, 0.5) is 0 Å². The highest BCUT2D eigenvalue weighted by Crippen LogP contribution is 2.37. The van der Waals surface area contributed by atoms with Gasteiger partial charge < -0.3 is 15.9 Å². The Morgan fingerprint density at radius 1 is 1.11 bits per heavy atom. The number of fused-ring (bicyclic) bond motifs is 1. The summed E-state index contributed by atoms with van der Waals surface area (Å²) < 4.78 is 0. The highest BCUT2D eigenvalue weighted by Gasteiger charge is 2.28. The maximum atomic E-state index is 9.85. The number of aliphatic hydroxyl groups excluding tert-OH is 1. The summed E-state index contributed by atoms with van der Waals surface area (Å²) in [6.45, 7) is 3.88. The molecule has 4 N–H and O–H groups in total. The Bertz CT molecular complexity index is 563. The summed E-state index contributed by atoms with van der Waals surface area (Å²) in [6.07, 6.45) is 0. The van der Waals surface area contributed by atoms with Crippen molar-refractivity contribution >= 4 is 10.8 Å². The Morgan fingerprint density at radius 3 is 2.33 bits per heavy atom. The highest BCUT2D eigenvalue weighted by atomic mass is 16.3. The largest absolute Gasteiger partial charge is 0.507 e. The summed E-state index contributed by atoms with van der Waals surface area (Å²) in [7, 11) is 0. The molecule has 0 saturated heterocycles. The zero-order valence-electron chi connectivity index (χ0n) is 10.7. The van der Waals surface area contributed by atoms with Crippen molar-refractivity contribution in [1.29, 1.82) is 0 Å². The van der Waals surface area contributed by atoms with E-state index in [0.29, 0.717) is 0 Å². The molecule has 18 heavy (non-hydrogen) atoms. The molecular weight excluding hydrogens is 226 g/mol. The van der Waals surface area contributed by atoms with Crippen LogP contribution in [-0.4, -0.2) is 16.8 Å². The minimum Gasteiger partial charge on any atom is -0.507 e. The molecule has 0 radical (unpaired) electrons. The summed E-state index contributed by atoms with van der Waals surface area (Å²) in [5.41, 5.74) is 6.80. The van der Waals surface area contributed by atoms with Crippen LogP contribution < -0.4 is 5.73 Å². The molecule has 0 aromatic heterocycles. The van der Waals surface area contributed by atoms with E-state index in [4.69, 9.17) is 5.73 Å². The molecular formula is C15H19NO2. The van der Waals surface area contributed by atoms with Gasteiger partial charge in [0.25, 0.3) is 0 Å². The third-order valence-corrected chi connectivity index (χ3v) is 3.52. The van der Waals surface area contributed by atoms with E-state index in [1.165, 1.54) is 0 Å². The third kappa shape index (κ3) is 2.07. The van der Waals surface area contributed by atoms with Gasteiger partial charge in [-0.25, -0.2) is 0 Å². The normalized spacial score (nSPS) is 13.8. The number of nitrogens with two attached hydrogens (primary N) is 1. The maximum Gasteiger partial charge on any atom is 0.123 e. The molecule has 1 atom stereocenters. The smallest absolute Gasteiger partial charge is 0.123 e. The maximum absolute atomic E-state index is 9.85. The fourth-order valence-corrected chi connectivity index (χ4v) is 2.10. The lowest BCUT2D eigenvalue weighted by molar-refractivity contribution is 0.133. The molecule has 0 heterocycles. The fourth-order valence-electron chi connectivity index (χ4n) is 2.10. The minimum absolute atomic E-state index is 0.0172. The molecule has 0 aliphatic heterocycles. The summed E-state index contributed by atoms with van der Waals surface area (Å²) in [4.78, 5) is 0. The number of benzene rings is 2. The summed E-state index contributed by atoms with van der Waals surface area (Å²) in [5, 5.41) is 21.0. The molecule has 2 aromatic carbocycles. The highest BCUT2D eigenvalue weighted by molar-refractivity contribution is 5.91. The topological polar surface area (TPSA) is 66.5 Å². The Morgan fingerprint density at radius 2 is 1.72 bits per heavy atom. The van der Waals surface area contributed by atoms with Gasteiger partial charge in [-0.15, -0.1) is 0 Å². The number of hydrogen-bond acceptors (Lipinski definition) is 3. The number of phenolic OH excluding ortho intramolecular Hbond substituents is 1. The number of phenols is 1. The predicted molar refractivity (Wildman–Crippen MR) is 73.4 cm³/mol. The molecule has 0 unspecified atom stereocenters. The van der Waals surface area contributed by atoms with E-state index < -0.39 is 5.41 Å². The minimum atomic E-state index is -0.403. The Labute approximate surface area is 107 Å². The standard InChI is InChI=1S/C15H19NO2/c1-15(2,9-17)14(16)12-7-8-13(18)11-6-4-3-5-10(11)12/h3-8,14,17-18H,9,16H2,1-2H3/t14-/m1/s1. The second-order valence-electron chi connectivity index (χ2n) is 5.34. The lowest BCUT2D eigenvalue weighted by atomic mass is 9.80. The Balaban J connectivity index is 2.62. The molecule has 0 fully saturated rings. The zero-order chi connectivity index (χ0) is 13.3. The van der Waals surface area contributed by atoms with Gasteiger partial charge in [0, 0.05) is 23.4 Å². The molecule has 0 amide bonds. The van der Waals surface area contributed by atoms with Crippen LogP contribution in [0.25, 0.3) is 10.8 Å². The van der Waals surface area contributed by atoms with Crippen molar-refractivity contribution < 1.29 is 10.2 Å². The second kappa shape index (κ2) is 4.59. The molecule has 3 heteroatoms. The van der Waals surface area contributed by atoms with Crippen molar-refractivity contribution in [3.05, 3.63) is 42.0 Å². The van der Waals surface area contributed by atoms with E-state index in [2.05, 4.69) is 0 Å². The first-order chi connectivity index (χ1) is 8.47. The monoisotopic (exact) mass is 245 g/mol. The molecule has 2 aromatic rings. The lowest BCUT2D eigenvalue weighted by Gasteiger charge is -2.30. The van der Waals surface area contributed by atoms with E-state index in [0.717, 1.165) is 16.3 Å². The number of rotatable bonds is 3. The van der Waals surface area contributed by atoms with Gasteiger partial charge >= 0.3 is 0 Å². The summed E-state index contributed by atoms with van der Waals surface area (Å²) >= 11 is 0. The van der Waals surface area contributed by atoms with Gasteiger partial charge in [-0.05, 0) is 17.0 Å². The molecule has 2 rings (SSSR count). The van der Waals surface area contributed by atoms with E-state index >= 15 is 0 Å². The first-order valence-corrected chi connectivity index (χ1v) is 6.04. The van der Waals surface area contributed by atoms with Crippen LogP contribution in [0.15, 0.2) is 36.4 Å². The zero-order valence-corrected chi connectivity index (χ0v) is 10.7. The molecule has 0 saturated carbocycles. The lowest BCUT2D eigenvalue weighted by Crippen LogP contribution is -2.32. The Hall–Kier alpha value is -1.58. The van der Waals surface area contributed by atoms with Crippen LogP contribution in [0.1, 0.15) is 25.5 Å². The van der Waals surface area contributed by atoms with Crippen molar-refractivity contribution in [3.8, 4) is 5.75 Å². The van der Waals surface area contributed by atoms with Crippen LogP contribution in [0.5, 0.6) is 5.75 Å². The summed E-state index contributed by atoms with van der Waals surface area (Å²) in [6, 6.07) is 10.8. The van der Waals surface area contributed by atoms with Gasteiger partial charge in [0.1, 0.15) is 5.75 Å². The van der Waals surface area contributed by atoms with Gasteiger partial charge in [-0.1, -0.05) is 44.2 Å².